The second kappa shape index (κ2) is 8.99. The van der Waals surface area contributed by atoms with E-state index in [1.807, 2.05) is 44.7 Å². The monoisotopic (exact) mass is 510 g/mol. The Morgan fingerprint density at radius 1 is 1.24 bits per heavy atom. The number of hydrogen-bond donors (Lipinski definition) is 2. The summed E-state index contributed by atoms with van der Waals surface area (Å²) in [6.07, 6.45) is 1.91. The first-order chi connectivity index (χ1) is 17.5. The molecule has 2 aliphatic rings. The van der Waals surface area contributed by atoms with Crippen LogP contribution < -0.4 is 10.2 Å². The van der Waals surface area contributed by atoms with Crippen molar-refractivity contribution in [1.29, 1.82) is 0 Å². The minimum Gasteiger partial charge on any atom is -0.390 e. The highest BCUT2D eigenvalue weighted by molar-refractivity contribution is 6.11. The van der Waals surface area contributed by atoms with Crippen molar-refractivity contribution in [3.05, 3.63) is 58.3 Å². The van der Waals surface area contributed by atoms with Crippen molar-refractivity contribution < 1.29 is 23.4 Å². The lowest BCUT2D eigenvalue weighted by Crippen LogP contribution is -2.41. The number of aliphatic hydroxyl groups excluding tert-OH is 1. The van der Waals surface area contributed by atoms with Crippen LogP contribution in [0.15, 0.2) is 30.3 Å². The summed E-state index contributed by atoms with van der Waals surface area (Å²) < 4.78 is 34.7. The number of nitrogens with zero attached hydrogens (tertiary/aromatic N) is 3. The first kappa shape index (κ1) is 25.5. The Balaban J connectivity index is 1.60. The normalized spacial score (nSPS) is 20.4. The number of carbonyl (C=O) groups is 1. The van der Waals surface area contributed by atoms with E-state index in [0.29, 0.717) is 29.2 Å². The number of rotatable bonds is 8. The van der Waals surface area contributed by atoms with E-state index in [-0.39, 0.29) is 23.6 Å². The summed E-state index contributed by atoms with van der Waals surface area (Å²) in [5, 5.41) is 22.9. The van der Waals surface area contributed by atoms with Crippen molar-refractivity contribution in [3.8, 4) is 0 Å². The first-order valence-electron chi connectivity index (χ1n) is 12.7. The van der Waals surface area contributed by atoms with Gasteiger partial charge in [-0.15, -0.1) is 5.10 Å². The van der Waals surface area contributed by atoms with Gasteiger partial charge in [-0.3, -0.25) is 4.79 Å². The number of ether oxygens (including phenoxy) is 1. The molecule has 2 heterocycles. The van der Waals surface area contributed by atoms with Crippen LogP contribution in [-0.4, -0.2) is 40.5 Å². The lowest BCUT2D eigenvalue weighted by molar-refractivity contribution is -0.140. The standard InChI is InChI=1S/C28H32F2N4O3/c1-6-37-27(5)23-12-20-17(4)32-33-25(21(20)13-24(23)34(26(27)36)18-10-11-18)31-16(3)19-8-7-9-22(15(19)2)28(29,30)14-35/h7-9,12-13,16,18,35H,6,10-11,14H2,1-5H3,(H,31,33)/t16-,27?/m1/s1. The van der Waals surface area contributed by atoms with Gasteiger partial charge in [0, 0.05) is 34.5 Å². The molecule has 2 aromatic carbocycles. The van der Waals surface area contributed by atoms with Gasteiger partial charge in [-0.25, -0.2) is 0 Å². The van der Waals surface area contributed by atoms with Crippen molar-refractivity contribution in [2.45, 2.75) is 71.1 Å². The highest BCUT2D eigenvalue weighted by Crippen LogP contribution is 2.49. The summed E-state index contributed by atoms with van der Waals surface area (Å²) in [6.45, 7) is 8.23. The molecule has 5 rings (SSSR count). The van der Waals surface area contributed by atoms with E-state index < -0.39 is 18.1 Å². The molecule has 1 fully saturated rings. The predicted molar refractivity (Wildman–Crippen MR) is 138 cm³/mol. The third kappa shape index (κ3) is 4.05. The third-order valence-electron chi connectivity index (χ3n) is 7.61. The fraction of sp³-hybridized carbons (Fsp3) is 0.464. The number of fused-ring (bicyclic) bond motifs is 2. The summed E-state index contributed by atoms with van der Waals surface area (Å²) in [7, 11) is 0. The molecule has 196 valence electrons. The molecule has 1 aliphatic heterocycles. The first-order valence-corrected chi connectivity index (χ1v) is 12.7. The van der Waals surface area contributed by atoms with Crippen molar-refractivity contribution in [2.75, 3.05) is 23.4 Å². The van der Waals surface area contributed by atoms with Gasteiger partial charge >= 0.3 is 0 Å². The Bertz CT molecular complexity index is 1390. The quantitative estimate of drug-likeness (QED) is 0.430. The summed E-state index contributed by atoms with van der Waals surface area (Å²) in [5.41, 5.74) is 2.17. The molecule has 1 unspecified atom stereocenters. The molecular weight excluding hydrogens is 478 g/mol. The van der Waals surface area contributed by atoms with Crippen LogP contribution in [0.4, 0.5) is 20.3 Å². The van der Waals surface area contributed by atoms with Crippen molar-refractivity contribution in [2.24, 2.45) is 0 Å². The Hall–Kier alpha value is -3.17. The molecule has 1 aromatic heterocycles. The molecule has 0 spiro atoms. The lowest BCUT2D eigenvalue weighted by atomic mass is 9.93. The zero-order valence-corrected chi connectivity index (χ0v) is 21.7. The fourth-order valence-corrected chi connectivity index (χ4v) is 5.47. The van der Waals surface area contributed by atoms with Crippen LogP contribution in [0.1, 0.15) is 67.6 Å². The van der Waals surface area contributed by atoms with Crippen LogP contribution in [0.5, 0.6) is 0 Å². The van der Waals surface area contributed by atoms with Gasteiger partial charge in [0.25, 0.3) is 11.8 Å². The molecule has 0 bridgehead atoms. The van der Waals surface area contributed by atoms with E-state index in [9.17, 15) is 18.7 Å². The van der Waals surface area contributed by atoms with Crippen LogP contribution in [0, 0.1) is 13.8 Å². The average molecular weight is 511 g/mol. The molecule has 7 nitrogen and oxygen atoms in total. The van der Waals surface area contributed by atoms with Gasteiger partial charge in [0.1, 0.15) is 6.61 Å². The number of anilines is 2. The minimum absolute atomic E-state index is 0.0548. The van der Waals surface area contributed by atoms with Gasteiger partial charge in [-0.1, -0.05) is 18.2 Å². The Labute approximate surface area is 214 Å². The zero-order chi connectivity index (χ0) is 26.7. The largest absolute Gasteiger partial charge is 0.390 e. The Kier molecular flexibility index (Phi) is 6.19. The number of aliphatic hydroxyl groups is 1. The van der Waals surface area contributed by atoms with Crippen LogP contribution in [0.25, 0.3) is 10.8 Å². The number of carbonyl (C=O) groups excluding carboxylic acids is 1. The fourth-order valence-electron chi connectivity index (χ4n) is 5.47. The topological polar surface area (TPSA) is 87.6 Å². The van der Waals surface area contributed by atoms with Crippen molar-refractivity contribution in [1.82, 2.24) is 10.2 Å². The molecular formula is C28H32F2N4O3. The summed E-state index contributed by atoms with van der Waals surface area (Å²) in [5.74, 6) is -2.88. The van der Waals surface area contributed by atoms with E-state index >= 15 is 0 Å². The molecule has 1 aliphatic carbocycles. The van der Waals surface area contributed by atoms with Gasteiger partial charge in [0.05, 0.1) is 17.4 Å². The van der Waals surface area contributed by atoms with E-state index in [1.54, 1.807) is 19.1 Å². The lowest BCUT2D eigenvalue weighted by Gasteiger charge is -2.24. The molecule has 2 atom stereocenters. The molecule has 0 saturated heterocycles. The maximum atomic E-state index is 14.3. The molecule has 37 heavy (non-hydrogen) atoms. The van der Waals surface area contributed by atoms with Crippen LogP contribution in [-0.2, 0) is 21.1 Å². The maximum Gasteiger partial charge on any atom is 0.296 e. The van der Waals surface area contributed by atoms with E-state index in [0.717, 1.165) is 34.9 Å². The minimum atomic E-state index is -3.33. The van der Waals surface area contributed by atoms with Gasteiger partial charge < -0.3 is 20.1 Å². The third-order valence-corrected chi connectivity index (χ3v) is 7.61. The number of benzene rings is 2. The number of amides is 1. The SMILES string of the molecule is CCOC1(C)C(=O)N(C2CC2)c2cc3c(N[C@H](C)c4cccc(C(F)(F)CO)c4C)nnc(C)c3cc21. The van der Waals surface area contributed by atoms with Crippen molar-refractivity contribution in [3.63, 3.8) is 0 Å². The molecule has 1 amide bonds. The highest BCUT2D eigenvalue weighted by Gasteiger charge is 2.52. The van der Waals surface area contributed by atoms with Gasteiger partial charge in [-0.2, -0.15) is 13.9 Å². The molecule has 9 heteroatoms. The molecule has 2 N–H and O–H groups in total. The highest BCUT2D eigenvalue weighted by atomic mass is 19.3. The number of hydrogen-bond acceptors (Lipinski definition) is 6. The second-order valence-corrected chi connectivity index (χ2v) is 10.2. The average Bonchev–Trinajstić information content (AvgIpc) is 3.67. The van der Waals surface area contributed by atoms with Crippen LogP contribution in [0.3, 0.4) is 0 Å². The molecule has 0 radical (unpaired) electrons. The number of halogens is 2. The van der Waals surface area contributed by atoms with E-state index in [1.165, 1.54) is 6.07 Å². The van der Waals surface area contributed by atoms with Crippen LogP contribution in [0.2, 0.25) is 0 Å². The Morgan fingerprint density at radius 2 is 1.97 bits per heavy atom. The summed E-state index contributed by atoms with van der Waals surface area (Å²) >= 11 is 0. The van der Waals surface area contributed by atoms with Gasteiger partial charge in [0.15, 0.2) is 11.4 Å². The smallest absolute Gasteiger partial charge is 0.296 e. The van der Waals surface area contributed by atoms with Crippen molar-refractivity contribution >= 4 is 28.2 Å². The zero-order valence-electron chi connectivity index (χ0n) is 21.7. The number of alkyl halides is 2. The maximum absolute atomic E-state index is 14.3. The number of aryl methyl sites for hydroxylation is 1. The molecule has 1 saturated carbocycles. The van der Waals surface area contributed by atoms with Crippen LogP contribution >= 0.6 is 0 Å². The van der Waals surface area contributed by atoms with E-state index in [4.69, 9.17) is 4.74 Å². The van der Waals surface area contributed by atoms with Gasteiger partial charge in [0.2, 0.25) is 0 Å². The number of nitrogens with one attached hydrogen (secondary N) is 1. The Morgan fingerprint density at radius 3 is 2.62 bits per heavy atom. The second-order valence-electron chi connectivity index (χ2n) is 10.2. The predicted octanol–water partition coefficient (Wildman–Crippen LogP) is 5.26. The van der Waals surface area contributed by atoms with Gasteiger partial charge in [-0.05, 0) is 70.7 Å². The van der Waals surface area contributed by atoms with E-state index in [2.05, 4.69) is 15.5 Å². The summed E-state index contributed by atoms with van der Waals surface area (Å²) in [4.78, 5) is 15.4. The number of aromatic nitrogens is 2. The summed E-state index contributed by atoms with van der Waals surface area (Å²) in [6, 6.07) is 8.43. The molecule has 3 aromatic rings.